The zero-order valence-corrected chi connectivity index (χ0v) is 15.9. The standard InChI is InChI=1S/C20H27BN2O5/c1-2-18(24)23-16-10-12-20(23,13-11-16)14-28-19(25)22-17(21(26)27)9-8-15-6-4-3-5-7-15/h2-7,16-17,26-27H,1,8-14H2,(H,22,25). The van der Waals surface area contributed by atoms with Gasteiger partial charge in [0.05, 0.1) is 11.5 Å². The van der Waals surface area contributed by atoms with Crippen LogP contribution in [-0.4, -0.2) is 58.2 Å². The summed E-state index contributed by atoms with van der Waals surface area (Å²) >= 11 is 0. The molecule has 3 rings (SSSR count). The minimum Gasteiger partial charge on any atom is -0.447 e. The van der Waals surface area contributed by atoms with Crippen LogP contribution in [0.15, 0.2) is 43.0 Å². The third-order valence-corrected chi connectivity index (χ3v) is 5.90. The van der Waals surface area contributed by atoms with Crippen molar-refractivity contribution in [2.45, 2.75) is 56.0 Å². The maximum Gasteiger partial charge on any atom is 0.475 e. The van der Waals surface area contributed by atoms with Gasteiger partial charge in [-0.05, 0) is 50.2 Å². The molecule has 0 spiro atoms. The minimum atomic E-state index is -1.68. The van der Waals surface area contributed by atoms with Crippen LogP contribution in [0.25, 0.3) is 0 Å². The van der Waals surface area contributed by atoms with Crippen molar-refractivity contribution in [1.82, 2.24) is 10.2 Å². The summed E-state index contributed by atoms with van der Waals surface area (Å²) in [5.41, 5.74) is 0.578. The van der Waals surface area contributed by atoms with Gasteiger partial charge in [-0.25, -0.2) is 4.79 Å². The van der Waals surface area contributed by atoms with Gasteiger partial charge in [0.1, 0.15) is 6.61 Å². The molecule has 0 aromatic heterocycles. The van der Waals surface area contributed by atoms with Crippen molar-refractivity contribution in [3.05, 3.63) is 48.6 Å². The van der Waals surface area contributed by atoms with Gasteiger partial charge in [0, 0.05) is 6.04 Å². The summed E-state index contributed by atoms with van der Waals surface area (Å²) < 4.78 is 5.40. The molecule has 2 aliphatic rings. The number of hydrogen-bond acceptors (Lipinski definition) is 5. The van der Waals surface area contributed by atoms with Crippen molar-refractivity contribution in [2.75, 3.05) is 6.61 Å². The number of hydrogen-bond donors (Lipinski definition) is 3. The molecule has 2 aliphatic heterocycles. The SMILES string of the molecule is C=CC(=O)N1C2CCC1(COC(=O)NC(CCc1ccccc1)B(O)O)CC2. The molecule has 0 aliphatic carbocycles. The van der Waals surface area contributed by atoms with E-state index in [-0.39, 0.29) is 18.6 Å². The van der Waals surface area contributed by atoms with E-state index in [0.29, 0.717) is 12.8 Å². The average molecular weight is 386 g/mol. The van der Waals surface area contributed by atoms with Crippen LogP contribution in [0.5, 0.6) is 0 Å². The summed E-state index contributed by atoms with van der Waals surface area (Å²) in [5.74, 6) is -0.966. The molecule has 3 N–H and O–H groups in total. The van der Waals surface area contributed by atoms with Crippen LogP contribution in [0, 0.1) is 0 Å². The fraction of sp³-hybridized carbons (Fsp3) is 0.500. The van der Waals surface area contributed by atoms with Crippen LogP contribution in [0.2, 0.25) is 0 Å². The zero-order chi connectivity index (χ0) is 20.1. The van der Waals surface area contributed by atoms with Crippen LogP contribution in [0.3, 0.4) is 0 Å². The maximum absolute atomic E-state index is 12.3. The van der Waals surface area contributed by atoms with E-state index < -0.39 is 24.7 Å². The third kappa shape index (κ3) is 4.39. The van der Waals surface area contributed by atoms with E-state index in [9.17, 15) is 19.6 Å². The quantitative estimate of drug-likeness (QED) is 0.464. The number of nitrogens with one attached hydrogen (secondary N) is 1. The number of carbonyl (C=O) groups excluding carboxylic acids is 2. The highest BCUT2D eigenvalue weighted by molar-refractivity contribution is 6.43. The molecule has 0 radical (unpaired) electrons. The van der Waals surface area contributed by atoms with Crippen LogP contribution in [0.4, 0.5) is 4.79 Å². The summed E-state index contributed by atoms with van der Waals surface area (Å²) in [5, 5.41) is 21.7. The molecule has 7 nitrogen and oxygen atoms in total. The Balaban J connectivity index is 1.53. The van der Waals surface area contributed by atoms with Gasteiger partial charge in [-0.15, -0.1) is 0 Å². The van der Waals surface area contributed by atoms with Gasteiger partial charge in [0.25, 0.3) is 0 Å². The first-order valence-electron chi connectivity index (χ1n) is 9.74. The Hall–Kier alpha value is -2.32. The first kappa shape index (κ1) is 20.4. The second kappa shape index (κ2) is 8.79. The molecule has 150 valence electrons. The number of nitrogens with zero attached hydrogens (tertiary/aromatic N) is 1. The van der Waals surface area contributed by atoms with Gasteiger partial charge >= 0.3 is 13.2 Å². The van der Waals surface area contributed by atoms with Crippen LogP contribution in [-0.2, 0) is 16.0 Å². The Morgan fingerprint density at radius 1 is 1.32 bits per heavy atom. The van der Waals surface area contributed by atoms with Crippen molar-refractivity contribution in [3.63, 3.8) is 0 Å². The molecule has 2 amide bonds. The van der Waals surface area contributed by atoms with E-state index in [1.165, 1.54) is 6.08 Å². The molecule has 1 atom stereocenters. The number of aryl methyl sites for hydroxylation is 1. The summed E-state index contributed by atoms with van der Waals surface area (Å²) in [6.07, 6.45) is 4.96. The minimum absolute atomic E-state index is 0.0991. The van der Waals surface area contributed by atoms with Gasteiger partial charge in [-0.3, -0.25) is 4.79 Å². The van der Waals surface area contributed by atoms with E-state index in [1.807, 2.05) is 30.3 Å². The lowest BCUT2D eigenvalue weighted by Crippen LogP contribution is -2.51. The Bertz CT molecular complexity index is 704. The van der Waals surface area contributed by atoms with Crippen LogP contribution < -0.4 is 5.32 Å². The van der Waals surface area contributed by atoms with Gasteiger partial charge in [-0.2, -0.15) is 0 Å². The molecule has 2 saturated heterocycles. The van der Waals surface area contributed by atoms with Crippen molar-refractivity contribution in [1.29, 1.82) is 0 Å². The Kier molecular flexibility index (Phi) is 6.41. The number of rotatable bonds is 8. The fourth-order valence-electron chi connectivity index (χ4n) is 4.41. The Morgan fingerprint density at radius 3 is 2.61 bits per heavy atom. The number of ether oxygens (including phenoxy) is 1. The monoisotopic (exact) mass is 386 g/mol. The number of benzene rings is 1. The highest BCUT2D eigenvalue weighted by Crippen LogP contribution is 2.46. The molecule has 2 heterocycles. The molecule has 1 unspecified atom stereocenters. The van der Waals surface area contributed by atoms with Crippen molar-refractivity contribution in [3.8, 4) is 0 Å². The topological polar surface area (TPSA) is 99.1 Å². The molecule has 2 bridgehead atoms. The molecule has 1 aromatic rings. The zero-order valence-electron chi connectivity index (χ0n) is 15.9. The molecule has 0 saturated carbocycles. The van der Waals surface area contributed by atoms with Crippen molar-refractivity contribution in [2.24, 2.45) is 0 Å². The average Bonchev–Trinajstić information content (AvgIpc) is 3.25. The van der Waals surface area contributed by atoms with E-state index in [1.54, 1.807) is 4.90 Å². The molecule has 28 heavy (non-hydrogen) atoms. The summed E-state index contributed by atoms with van der Waals surface area (Å²) in [6.45, 7) is 3.66. The lowest BCUT2D eigenvalue weighted by Gasteiger charge is -2.33. The van der Waals surface area contributed by atoms with Gasteiger partial charge in [0.15, 0.2) is 0 Å². The number of fused-ring (bicyclic) bond motifs is 2. The predicted octanol–water partition coefficient (Wildman–Crippen LogP) is 1.44. The number of alkyl carbamates (subject to hydrolysis) is 1. The summed E-state index contributed by atoms with van der Waals surface area (Å²) in [4.78, 5) is 26.3. The second-order valence-electron chi connectivity index (χ2n) is 7.63. The first-order chi connectivity index (χ1) is 13.4. The lowest BCUT2D eigenvalue weighted by atomic mass is 9.76. The fourth-order valence-corrected chi connectivity index (χ4v) is 4.41. The Morgan fingerprint density at radius 2 is 2.00 bits per heavy atom. The highest BCUT2D eigenvalue weighted by atomic mass is 16.6. The maximum atomic E-state index is 12.3. The lowest BCUT2D eigenvalue weighted by molar-refractivity contribution is -0.131. The molecular weight excluding hydrogens is 359 g/mol. The molecular formula is C20H27BN2O5. The number of amides is 2. The van der Waals surface area contributed by atoms with Crippen LogP contribution in [0.1, 0.15) is 37.7 Å². The van der Waals surface area contributed by atoms with Gasteiger partial charge in [0.2, 0.25) is 5.91 Å². The first-order valence-corrected chi connectivity index (χ1v) is 9.74. The molecule has 8 heteroatoms. The van der Waals surface area contributed by atoms with E-state index >= 15 is 0 Å². The molecule has 1 aromatic carbocycles. The van der Waals surface area contributed by atoms with E-state index in [0.717, 1.165) is 31.2 Å². The second-order valence-corrected chi connectivity index (χ2v) is 7.63. The largest absolute Gasteiger partial charge is 0.475 e. The summed E-state index contributed by atoms with van der Waals surface area (Å²) in [6, 6.07) is 9.81. The highest BCUT2D eigenvalue weighted by Gasteiger charge is 2.54. The van der Waals surface area contributed by atoms with Gasteiger partial charge < -0.3 is 25.0 Å². The van der Waals surface area contributed by atoms with Gasteiger partial charge in [-0.1, -0.05) is 36.9 Å². The van der Waals surface area contributed by atoms with E-state index in [4.69, 9.17) is 4.74 Å². The number of carbonyl (C=O) groups is 2. The smallest absolute Gasteiger partial charge is 0.447 e. The predicted molar refractivity (Wildman–Crippen MR) is 105 cm³/mol. The van der Waals surface area contributed by atoms with E-state index in [2.05, 4.69) is 11.9 Å². The third-order valence-electron chi connectivity index (χ3n) is 5.90. The van der Waals surface area contributed by atoms with Crippen molar-refractivity contribution >= 4 is 19.1 Å². The normalized spacial score (nSPS) is 23.9. The van der Waals surface area contributed by atoms with Crippen molar-refractivity contribution < 1.29 is 24.4 Å². The Labute approximate surface area is 165 Å². The molecule has 2 fully saturated rings. The summed E-state index contributed by atoms with van der Waals surface area (Å²) in [7, 11) is -1.68. The van der Waals surface area contributed by atoms with Crippen LogP contribution >= 0.6 is 0 Å².